The molecule has 0 spiro atoms. The second kappa shape index (κ2) is 14.0. The molecule has 10 heteroatoms. The van der Waals surface area contributed by atoms with Gasteiger partial charge in [0.1, 0.15) is 24.2 Å². The van der Waals surface area contributed by atoms with Gasteiger partial charge in [-0.1, -0.05) is 0 Å². The molecule has 0 aromatic heterocycles. The highest BCUT2D eigenvalue weighted by Gasteiger charge is 2.30. The van der Waals surface area contributed by atoms with Crippen LogP contribution in [0.3, 0.4) is 0 Å². The summed E-state index contributed by atoms with van der Waals surface area (Å²) >= 11 is 3.19. The standard InChI is InChI=1S/C20H23F3O3S2.CO2/c1-14-10-18(8-9-19(14)24-2)28-12-17(26-13-27-3)11-25-16-6-4-15(5-7-16)20(21,22)23;2-1-3/h4-10,17H,11-13H2,1-3H3;. The molecule has 2 aromatic rings. The van der Waals surface area contributed by atoms with Crippen LogP contribution in [0.1, 0.15) is 11.1 Å². The molecule has 0 saturated heterocycles. The summed E-state index contributed by atoms with van der Waals surface area (Å²) in [6, 6.07) is 10.6. The molecule has 0 fully saturated rings. The molecular formula is C21H23F3O5S2. The quantitative estimate of drug-likeness (QED) is 0.340. The Bertz CT molecular complexity index is 823. The Kier molecular flexibility index (Phi) is 12.2. The van der Waals surface area contributed by atoms with Gasteiger partial charge in [-0.2, -0.15) is 22.8 Å². The van der Waals surface area contributed by atoms with Gasteiger partial charge in [0.25, 0.3) is 0 Å². The van der Waals surface area contributed by atoms with E-state index in [9.17, 15) is 13.2 Å². The fourth-order valence-electron chi connectivity index (χ4n) is 2.37. The maximum atomic E-state index is 12.6. The number of rotatable bonds is 10. The topological polar surface area (TPSA) is 61.8 Å². The van der Waals surface area contributed by atoms with Crippen molar-refractivity contribution in [1.82, 2.24) is 0 Å². The van der Waals surface area contributed by atoms with E-state index in [1.54, 1.807) is 30.6 Å². The predicted octanol–water partition coefficient (Wildman–Crippen LogP) is 5.32. The van der Waals surface area contributed by atoms with Gasteiger partial charge >= 0.3 is 12.3 Å². The molecular weight excluding hydrogens is 453 g/mol. The zero-order valence-corrected chi connectivity index (χ0v) is 18.9. The van der Waals surface area contributed by atoms with Gasteiger partial charge in [-0.15, -0.1) is 23.5 Å². The Morgan fingerprint density at radius 1 is 1.10 bits per heavy atom. The maximum absolute atomic E-state index is 12.6. The van der Waals surface area contributed by atoms with Crippen LogP contribution in [-0.4, -0.2) is 43.9 Å². The van der Waals surface area contributed by atoms with Gasteiger partial charge in [0.15, 0.2) is 0 Å². The van der Waals surface area contributed by atoms with Crippen molar-refractivity contribution in [1.29, 1.82) is 0 Å². The number of aryl methyl sites for hydroxylation is 1. The summed E-state index contributed by atoms with van der Waals surface area (Å²) in [5, 5.41) is 0. The molecule has 2 aromatic carbocycles. The SMILES string of the molecule is COc1ccc(SCC(COc2ccc(C(F)(F)F)cc2)OCSC)cc1C.O=C=O. The van der Waals surface area contributed by atoms with Crippen LogP contribution in [0.5, 0.6) is 11.5 Å². The number of carbonyl (C=O) groups excluding carboxylic acids is 2. The maximum Gasteiger partial charge on any atom is 0.416 e. The molecule has 0 aliphatic carbocycles. The largest absolute Gasteiger partial charge is 0.496 e. The van der Waals surface area contributed by atoms with E-state index in [0.717, 1.165) is 28.3 Å². The number of alkyl halides is 3. The first-order valence-corrected chi connectivity index (χ1v) is 11.3. The molecule has 2 rings (SSSR count). The zero-order chi connectivity index (χ0) is 23.3. The second-order valence-electron chi connectivity index (χ2n) is 6.05. The van der Waals surface area contributed by atoms with Crippen LogP contribution in [0.2, 0.25) is 0 Å². The number of hydrogen-bond donors (Lipinski definition) is 0. The zero-order valence-electron chi connectivity index (χ0n) is 17.2. The van der Waals surface area contributed by atoms with Gasteiger partial charge in [0.05, 0.1) is 18.6 Å². The first-order valence-electron chi connectivity index (χ1n) is 8.92. The molecule has 0 aliphatic heterocycles. The van der Waals surface area contributed by atoms with Crippen molar-refractivity contribution in [3.05, 3.63) is 53.6 Å². The van der Waals surface area contributed by atoms with Crippen LogP contribution in [-0.2, 0) is 20.5 Å². The number of halogens is 3. The number of thioether (sulfide) groups is 2. The van der Waals surface area contributed by atoms with E-state index in [1.807, 2.05) is 31.4 Å². The molecule has 0 amide bonds. The Hall–Kier alpha value is -2.13. The van der Waals surface area contributed by atoms with Crippen LogP contribution >= 0.6 is 23.5 Å². The summed E-state index contributed by atoms with van der Waals surface area (Å²) in [6.07, 6.45) is -2.36. The smallest absolute Gasteiger partial charge is 0.416 e. The molecule has 0 radical (unpaired) electrons. The fourth-order valence-corrected chi connectivity index (χ4v) is 3.69. The summed E-state index contributed by atoms with van der Waals surface area (Å²) in [4.78, 5) is 17.3. The van der Waals surface area contributed by atoms with E-state index in [1.165, 1.54) is 12.1 Å². The minimum absolute atomic E-state index is 0.192. The van der Waals surface area contributed by atoms with Crippen LogP contribution < -0.4 is 9.47 Å². The van der Waals surface area contributed by atoms with Gasteiger partial charge in [0.2, 0.25) is 0 Å². The van der Waals surface area contributed by atoms with E-state index >= 15 is 0 Å². The van der Waals surface area contributed by atoms with Gasteiger partial charge in [-0.3, -0.25) is 0 Å². The third-order valence-electron chi connectivity index (χ3n) is 3.84. The minimum Gasteiger partial charge on any atom is -0.496 e. The van der Waals surface area contributed by atoms with E-state index in [0.29, 0.717) is 17.4 Å². The molecule has 170 valence electrons. The lowest BCUT2D eigenvalue weighted by molar-refractivity contribution is -0.191. The number of hydrogen-bond acceptors (Lipinski definition) is 7. The van der Waals surface area contributed by atoms with E-state index in [4.69, 9.17) is 23.8 Å². The Balaban J connectivity index is 0.00000151. The van der Waals surface area contributed by atoms with Gasteiger partial charge in [-0.25, -0.2) is 0 Å². The van der Waals surface area contributed by atoms with Crippen LogP contribution in [0.25, 0.3) is 0 Å². The average molecular weight is 477 g/mol. The third-order valence-corrected chi connectivity index (χ3v) is 5.34. The van der Waals surface area contributed by atoms with Crippen molar-refractivity contribution in [3.63, 3.8) is 0 Å². The monoisotopic (exact) mass is 476 g/mol. The van der Waals surface area contributed by atoms with E-state index in [-0.39, 0.29) is 18.9 Å². The highest BCUT2D eigenvalue weighted by molar-refractivity contribution is 7.99. The van der Waals surface area contributed by atoms with E-state index in [2.05, 4.69) is 0 Å². The van der Waals surface area contributed by atoms with Crippen molar-refractivity contribution in [2.24, 2.45) is 0 Å². The summed E-state index contributed by atoms with van der Waals surface area (Å²) < 4.78 is 54.6. The lowest BCUT2D eigenvalue weighted by Gasteiger charge is -2.18. The molecule has 1 unspecified atom stereocenters. The molecule has 0 heterocycles. The second-order valence-corrected chi connectivity index (χ2v) is 7.96. The summed E-state index contributed by atoms with van der Waals surface area (Å²) in [6.45, 7) is 2.24. The Morgan fingerprint density at radius 2 is 1.74 bits per heavy atom. The average Bonchev–Trinajstić information content (AvgIpc) is 2.73. The van der Waals surface area contributed by atoms with Gasteiger partial charge in [-0.05, 0) is 61.2 Å². The molecule has 1 atom stereocenters. The normalized spacial score (nSPS) is 11.7. The Labute approximate surface area is 187 Å². The molecule has 0 saturated carbocycles. The first-order chi connectivity index (χ1) is 14.7. The van der Waals surface area contributed by atoms with Crippen molar-refractivity contribution in [2.45, 2.75) is 24.1 Å². The minimum atomic E-state index is -4.35. The van der Waals surface area contributed by atoms with Gasteiger partial charge in [0, 0.05) is 10.6 Å². The van der Waals surface area contributed by atoms with Crippen LogP contribution in [0, 0.1) is 6.92 Å². The molecule has 0 aliphatic rings. The third kappa shape index (κ3) is 10.1. The fraction of sp³-hybridized carbons (Fsp3) is 0.381. The lowest BCUT2D eigenvalue weighted by atomic mass is 10.2. The highest BCUT2D eigenvalue weighted by Crippen LogP contribution is 2.30. The number of benzene rings is 2. The number of ether oxygens (including phenoxy) is 3. The van der Waals surface area contributed by atoms with Crippen molar-refractivity contribution < 1.29 is 37.0 Å². The molecule has 0 N–H and O–H groups in total. The van der Waals surface area contributed by atoms with Crippen LogP contribution in [0.15, 0.2) is 47.4 Å². The highest BCUT2D eigenvalue weighted by atomic mass is 32.2. The summed E-state index contributed by atoms with van der Waals surface area (Å²) in [5.41, 5.74) is 0.357. The Morgan fingerprint density at radius 3 is 2.26 bits per heavy atom. The first kappa shape index (κ1) is 26.9. The molecule has 5 nitrogen and oxygen atoms in total. The van der Waals surface area contributed by atoms with Crippen molar-refractivity contribution in [3.8, 4) is 11.5 Å². The summed E-state index contributed by atoms with van der Waals surface area (Å²) in [5.74, 6) is 2.40. The van der Waals surface area contributed by atoms with Crippen molar-refractivity contribution in [2.75, 3.05) is 31.7 Å². The predicted molar refractivity (Wildman–Crippen MR) is 114 cm³/mol. The molecule has 31 heavy (non-hydrogen) atoms. The van der Waals surface area contributed by atoms with Crippen molar-refractivity contribution >= 4 is 29.7 Å². The van der Waals surface area contributed by atoms with E-state index < -0.39 is 11.7 Å². The van der Waals surface area contributed by atoms with Crippen LogP contribution in [0.4, 0.5) is 13.2 Å². The summed E-state index contributed by atoms with van der Waals surface area (Å²) in [7, 11) is 1.64. The lowest BCUT2D eigenvalue weighted by Crippen LogP contribution is -2.24. The number of methoxy groups -OCH3 is 1. The van der Waals surface area contributed by atoms with Gasteiger partial charge < -0.3 is 14.2 Å². The molecule has 0 bridgehead atoms.